The van der Waals surface area contributed by atoms with Gasteiger partial charge in [0.05, 0.1) is 11.2 Å². The van der Waals surface area contributed by atoms with E-state index in [4.69, 9.17) is 0 Å². The molecule has 34 heavy (non-hydrogen) atoms. The zero-order valence-corrected chi connectivity index (χ0v) is 19.4. The highest BCUT2D eigenvalue weighted by Gasteiger charge is 2.22. The summed E-state index contributed by atoms with van der Waals surface area (Å²) >= 11 is 0. The zero-order valence-electron chi connectivity index (χ0n) is 19.4. The molecule has 3 aromatic carbocycles. The summed E-state index contributed by atoms with van der Waals surface area (Å²) in [5.41, 5.74) is 5.35. The average Bonchev–Trinajstić information content (AvgIpc) is 2.90. The van der Waals surface area contributed by atoms with Crippen LogP contribution in [0, 0.1) is 0 Å². The quantitative estimate of drug-likeness (QED) is 0.437. The average molecular weight is 451 g/mol. The summed E-state index contributed by atoms with van der Waals surface area (Å²) in [6.45, 7) is 5.13. The summed E-state index contributed by atoms with van der Waals surface area (Å²) in [7, 11) is 0. The van der Waals surface area contributed by atoms with Crippen LogP contribution in [0.2, 0.25) is 0 Å². The molecule has 5 nitrogen and oxygen atoms in total. The van der Waals surface area contributed by atoms with Gasteiger partial charge in [0.1, 0.15) is 0 Å². The molecule has 5 heteroatoms. The second-order valence-electron chi connectivity index (χ2n) is 8.81. The fourth-order valence-corrected chi connectivity index (χ4v) is 4.54. The molecule has 1 amide bonds. The Morgan fingerprint density at radius 3 is 2.35 bits per heavy atom. The lowest BCUT2D eigenvalue weighted by Crippen LogP contribution is -2.48. The van der Waals surface area contributed by atoms with Gasteiger partial charge in [0.2, 0.25) is 0 Å². The summed E-state index contributed by atoms with van der Waals surface area (Å²) in [5, 5.41) is 4.64. The highest BCUT2D eigenvalue weighted by atomic mass is 16.2. The standard InChI is InChI=1S/C29H30N4O/c34-29(33-20-18-32(19-21-33)22-24-6-2-1-3-7-24)26-13-11-23(12-14-26)15-17-30-27-10-4-8-25-9-5-16-31-28(25)27/h1-14,16,30H,15,17-22H2. The number of fused-ring (bicyclic) bond motifs is 1. The predicted octanol–water partition coefficient (Wildman–Crippen LogP) is 4.85. The molecule has 1 N–H and O–H groups in total. The van der Waals surface area contributed by atoms with Crippen LogP contribution in [0.3, 0.4) is 0 Å². The number of piperazine rings is 1. The molecule has 5 rings (SSSR count). The van der Waals surface area contributed by atoms with Gasteiger partial charge in [-0.1, -0.05) is 60.7 Å². The summed E-state index contributed by atoms with van der Waals surface area (Å²) in [4.78, 5) is 21.9. The molecule has 1 saturated heterocycles. The van der Waals surface area contributed by atoms with Gasteiger partial charge in [0, 0.05) is 56.4 Å². The summed E-state index contributed by atoms with van der Waals surface area (Å²) < 4.78 is 0. The van der Waals surface area contributed by atoms with Crippen molar-refractivity contribution in [2.75, 3.05) is 38.0 Å². The van der Waals surface area contributed by atoms with E-state index in [9.17, 15) is 4.79 Å². The van der Waals surface area contributed by atoms with Crippen LogP contribution in [0.5, 0.6) is 0 Å². The maximum absolute atomic E-state index is 13.0. The first kappa shape index (κ1) is 22.1. The van der Waals surface area contributed by atoms with Crippen molar-refractivity contribution >= 4 is 22.5 Å². The van der Waals surface area contributed by atoms with Crippen LogP contribution in [0.4, 0.5) is 5.69 Å². The van der Waals surface area contributed by atoms with Crippen LogP contribution in [0.25, 0.3) is 10.9 Å². The van der Waals surface area contributed by atoms with Gasteiger partial charge in [-0.05, 0) is 41.8 Å². The van der Waals surface area contributed by atoms with Crippen molar-refractivity contribution in [2.45, 2.75) is 13.0 Å². The molecule has 0 saturated carbocycles. The Labute approximate surface area is 201 Å². The number of carbonyl (C=O) groups is 1. The fourth-order valence-electron chi connectivity index (χ4n) is 4.54. The molecule has 0 unspecified atom stereocenters. The van der Waals surface area contributed by atoms with Crippen molar-refractivity contribution in [1.82, 2.24) is 14.8 Å². The molecule has 1 aromatic heterocycles. The third-order valence-electron chi connectivity index (χ3n) is 6.47. The van der Waals surface area contributed by atoms with E-state index in [0.717, 1.165) is 67.8 Å². The number of rotatable bonds is 7. The highest BCUT2D eigenvalue weighted by Crippen LogP contribution is 2.20. The molecular formula is C29H30N4O. The van der Waals surface area contributed by atoms with Crippen molar-refractivity contribution in [3.05, 3.63) is 108 Å². The maximum Gasteiger partial charge on any atom is 0.253 e. The van der Waals surface area contributed by atoms with E-state index in [1.54, 1.807) is 0 Å². The van der Waals surface area contributed by atoms with E-state index in [2.05, 4.69) is 69.8 Å². The monoisotopic (exact) mass is 450 g/mol. The number of carbonyl (C=O) groups excluding carboxylic acids is 1. The van der Waals surface area contributed by atoms with Crippen LogP contribution < -0.4 is 5.32 Å². The zero-order chi connectivity index (χ0) is 23.2. The lowest BCUT2D eigenvalue weighted by atomic mass is 10.1. The van der Waals surface area contributed by atoms with Crippen molar-refractivity contribution in [1.29, 1.82) is 0 Å². The van der Waals surface area contributed by atoms with Crippen LogP contribution in [-0.4, -0.2) is 53.4 Å². The smallest absolute Gasteiger partial charge is 0.253 e. The van der Waals surface area contributed by atoms with Gasteiger partial charge in [-0.15, -0.1) is 0 Å². The number of hydrogen-bond acceptors (Lipinski definition) is 4. The highest BCUT2D eigenvalue weighted by molar-refractivity contribution is 5.94. The third-order valence-corrected chi connectivity index (χ3v) is 6.47. The Morgan fingerprint density at radius 2 is 1.56 bits per heavy atom. The summed E-state index contributed by atoms with van der Waals surface area (Å²) in [6, 6.07) is 28.8. The second kappa shape index (κ2) is 10.5. The topological polar surface area (TPSA) is 48.5 Å². The van der Waals surface area contributed by atoms with E-state index in [-0.39, 0.29) is 5.91 Å². The van der Waals surface area contributed by atoms with Gasteiger partial charge in [0.25, 0.3) is 5.91 Å². The molecule has 2 heterocycles. The lowest BCUT2D eigenvalue weighted by molar-refractivity contribution is 0.0628. The number of anilines is 1. The molecule has 0 bridgehead atoms. The Bertz CT molecular complexity index is 1230. The first-order chi connectivity index (χ1) is 16.8. The van der Waals surface area contributed by atoms with E-state index in [0.29, 0.717) is 0 Å². The van der Waals surface area contributed by atoms with Gasteiger partial charge >= 0.3 is 0 Å². The SMILES string of the molecule is O=C(c1ccc(CCNc2cccc3cccnc23)cc1)N1CCN(Cc2ccccc2)CC1. The Kier molecular flexibility index (Phi) is 6.82. The fraction of sp³-hybridized carbons (Fsp3) is 0.241. The van der Waals surface area contributed by atoms with Crippen molar-refractivity contribution < 1.29 is 4.79 Å². The third kappa shape index (κ3) is 5.26. The lowest BCUT2D eigenvalue weighted by Gasteiger charge is -2.34. The minimum atomic E-state index is 0.130. The summed E-state index contributed by atoms with van der Waals surface area (Å²) in [6.07, 6.45) is 2.71. The molecular weight excluding hydrogens is 420 g/mol. The number of amides is 1. The van der Waals surface area contributed by atoms with Crippen molar-refractivity contribution in [3.8, 4) is 0 Å². The molecule has 172 valence electrons. The first-order valence-electron chi connectivity index (χ1n) is 12.0. The number of hydrogen-bond donors (Lipinski definition) is 1. The Balaban J connectivity index is 1.11. The second-order valence-corrected chi connectivity index (χ2v) is 8.81. The van der Waals surface area contributed by atoms with Crippen LogP contribution >= 0.6 is 0 Å². The van der Waals surface area contributed by atoms with Crippen LogP contribution in [-0.2, 0) is 13.0 Å². The number of pyridine rings is 1. The number of aromatic nitrogens is 1. The molecule has 0 spiro atoms. The van der Waals surface area contributed by atoms with Gasteiger partial charge in [-0.25, -0.2) is 0 Å². The van der Waals surface area contributed by atoms with E-state index in [1.807, 2.05) is 41.4 Å². The molecule has 4 aromatic rings. The first-order valence-corrected chi connectivity index (χ1v) is 12.0. The molecule has 0 aliphatic carbocycles. The Morgan fingerprint density at radius 1 is 0.794 bits per heavy atom. The van der Waals surface area contributed by atoms with Crippen molar-refractivity contribution in [3.63, 3.8) is 0 Å². The molecule has 1 aliphatic rings. The van der Waals surface area contributed by atoms with E-state index >= 15 is 0 Å². The van der Waals surface area contributed by atoms with E-state index in [1.165, 1.54) is 11.1 Å². The van der Waals surface area contributed by atoms with Gasteiger partial charge in [-0.2, -0.15) is 0 Å². The minimum absolute atomic E-state index is 0.130. The molecule has 0 radical (unpaired) electrons. The van der Waals surface area contributed by atoms with E-state index < -0.39 is 0 Å². The number of nitrogens with zero attached hydrogens (tertiary/aromatic N) is 3. The summed E-state index contributed by atoms with van der Waals surface area (Å²) in [5.74, 6) is 0.130. The molecule has 1 aliphatic heterocycles. The largest absolute Gasteiger partial charge is 0.383 e. The van der Waals surface area contributed by atoms with Crippen LogP contribution in [0.15, 0.2) is 91.1 Å². The van der Waals surface area contributed by atoms with Crippen molar-refractivity contribution in [2.24, 2.45) is 0 Å². The predicted molar refractivity (Wildman–Crippen MR) is 138 cm³/mol. The van der Waals surface area contributed by atoms with Gasteiger partial charge in [-0.3, -0.25) is 14.7 Å². The Hall–Kier alpha value is -3.70. The number of para-hydroxylation sites is 1. The number of benzene rings is 3. The van der Waals surface area contributed by atoms with Gasteiger partial charge in [0.15, 0.2) is 0 Å². The van der Waals surface area contributed by atoms with Crippen LogP contribution in [0.1, 0.15) is 21.5 Å². The maximum atomic E-state index is 13.0. The number of nitrogens with one attached hydrogen (secondary N) is 1. The van der Waals surface area contributed by atoms with Gasteiger partial charge < -0.3 is 10.2 Å². The minimum Gasteiger partial charge on any atom is -0.383 e. The molecule has 1 fully saturated rings. The normalized spacial score (nSPS) is 14.3. The molecule has 0 atom stereocenters.